The number of amides is 1. The van der Waals surface area contributed by atoms with E-state index in [4.69, 9.17) is 4.74 Å². The van der Waals surface area contributed by atoms with Gasteiger partial charge in [0.15, 0.2) is 0 Å². The molecule has 6 nitrogen and oxygen atoms in total. The van der Waals surface area contributed by atoms with Crippen molar-refractivity contribution >= 4 is 11.9 Å². The molecule has 0 aromatic rings. The van der Waals surface area contributed by atoms with Crippen molar-refractivity contribution < 1.29 is 24.5 Å². The third-order valence-corrected chi connectivity index (χ3v) is 9.70. The molecule has 0 saturated heterocycles. The molecule has 0 heterocycles. The van der Waals surface area contributed by atoms with Gasteiger partial charge in [0.05, 0.1) is 25.2 Å². The number of hydrogen-bond donors (Lipinski definition) is 3. The Labute approximate surface area is 321 Å². The first-order valence-electron chi connectivity index (χ1n) is 21.9. The Morgan fingerprint density at radius 2 is 1.08 bits per heavy atom. The number of carbonyl (C=O) groups excluding carboxylic acids is 2. The summed E-state index contributed by atoms with van der Waals surface area (Å²) in [4.78, 5) is 25.9. The van der Waals surface area contributed by atoms with Gasteiger partial charge in [-0.15, -0.1) is 0 Å². The lowest BCUT2D eigenvalue weighted by Gasteiger charge is -2.24. The summed E-state index contributed by atoms with van der Waals surface area (Å²) in [6.45, 7) is 6.26. The molecule has 3 unspecified atom stereocenters. The maximum absolute atomic E-state index is 13.1. The van der Waals surface area contributed by atoms with Crippen molar-refractivity contribution in [1.82, 2.24) is 5.32 Å². The minimum Gasteiger partial charge on any atom is -0.462 e. The van der Waals surface area contributed by atoms with Crippen molar-refractivity contribution in [2.75, 3.05) is 6.61 Å². The van der Waals surface area contributed by atoms with Crippen LogP contribution in [-0.4, -0.2) is 46.9 Å². The second kappa shape index (κ2) is 40.0. The van der Waals surface area contributed by atoms with Gasteiger partial charge in [0, 0.05) is 6.42 Å². The fourth-order valence-electron chi connectivity index (χ4n) is 6.35. The van der Waals surface area contributed by atoms with Crippen molar-refractivity contribution in [2.24, 2.45) is 0 Å². The van der Waals surface area contributed by atoms with Gasteiger partial charge in [-0.25, -0.2) is 0 Å². The molecule has 0 aliphatic heterocycles. The maximum Gasteiger partial charge on any atom is 0.306 e. The molecule has 0 aliphatic rings. The number of unbranched alkanes of at least 4 members (excludes halogenated alkanes) is 20. The van der Waals surface area contributed by atoms with Crippen LogP contribution in [0.3, 0.4) is 0 Å². The Morgan fingerprint density at radius 3 is 1.69 bits per heavy atom. The summed E-state index contributed by atoms with van der Waals surface area (Å²) in [7, 11) is 0. The minimum absolute atomic E-state index is 0.0608. The van der Waals surface area contributed by atoms with Crippen LogP contribution in [0.1, 0.15) is 207 Å². The molecule has 0 saturated carbocycles. The van der Waals surface area contributed by atoms with Gasteiger partial charge in [-0.3, -0.25) is 9.59 Å². The zero-order valence-corrected chi connectivity index (χ0v) is 34.2. The highest BCUT2D eigenvalue weighted by Crippen LogP contribution is 2.17. The Balaban J connectivity index is 4.56. The molecular formula is C46H83NO5. The summed E-state index contributed by atoms with van der Waals surface area (Å²) in [5.74, 6) is -0.510. The third-order valence-electron chi connectivity index (χ3n) is 9.70. The van der Waals surface area contributed by atoms with Gasteiger partial charge in [0.25, 0.3) is 0 Å². The third kappa shape index (κ3) is 34.9. The molecular weight excluding hydrogens is 647 g/mol. The largest absolute Gasteiger partial charge is 0.462 e. The summed E-state index contributed by atoms with van der Waals surface area (Å²) < 4.78 is 5.87. The first-order valence-corrected chi connectivity index (χ1v) is 21.9. The number of rotatable bonds is 38. The molecule has 3 atom stereocenters. The van der Waals surface area contributed by atoms with Crippen LogP contribution in [0.5, 0.6) is 0 Å². The minimum atomic E-state index is -0.790. The van der Waals surface area contributed by atoms with E-state index in [9.17, 15) is 19.8 Å². The van der Waals surface area contributed by atoms with Gasteiger partial charge in [-0.1, -0.05) is 179 Å². The summed E-state index contributed by atoms with van der Waals surface area (Å²) in [5, 5.41) is 23.5. The van der Waals surface area contributed by atoms with Crippen molar-refractivity contribution in [2.45, 2.75) is 225 Å². The average Bonchev–Trinajstić information content (AvgIpc) is 3.13. The molecule has 0 aromatic carbocycles. The first kappa shape index (κ1) is 49.8. The lowest BCUT2D eigenvalue weighted by molar-refractivity contribution is -0.151. The van der Waals surface area contributed by atoms with E-state index in [0.717, 1.165) is 83.5 Å². The quantitative estimate of drug-likeness (QED) is 0.0254. The Morgan fingerprint density at radius 1 is 0.577 bits per heavy atom. The van der Waals surface area contributed by atoms with Gasteiger partial charge in [-0.05, 0) is 64.2 Å². The molecule has 0 fully saturated rings. The van der Waals surface area contributed by atoms with Crippen molar-refractivity contribution in [1.29, 1.82) is 0 Å². The van der Waals surface area contributed by atoms with Gasteiger partial charge in [0.2, 0.25) is 5.91 Å². The molecule has 1 amide bonds. The van der Waals surface area contributed by atoms with Crippen LogP contribution < -0.4 is 5.32 Å². The van der Waals surface area contributed by atoms with E-state index in [-0.39, 0.29) is 24.9 Å². The number of nitrogens with one attached hydrogen (secondary N) is 1. The van der Waals surface area contributed by atoms with Crippen LogP contribution in [0, 0.1) is 0 Å². The first-order chi connectivity index (χ1) is 25.5. The van der Waals surface area contributed by atoms with Crippen LogP contribution in [0.15, 0.2) is 48.6 Å². The van der Waals surface area contributed by atoms with E-state index in [2.05, 4.69) is 74.7 Å². The van der Waals surface area contributed by atoms with E-state index >= 15 is 0 Å². The summed E-state index contributed by atoms with van der Waals surface area (Å²) in [5.41, 5.74) is 0. The van der Waals surface area contributed by atoms with Crippen molar-refractivity contribution in [3.8, 4) is 0 Å². The Kier molecular flexibility index (Phi) is 38.3. The van der Waals surface area contributed by atoms with Crippen LogP contribution in [0.25, 0.3) is 0 Å². The number of allylic oxidation sites excluding steroid dienone is 8. The highest BCUT2D eigenvalue weighted by Gasteiger charge is 2.24. The number of aliphatic hydroxyl groups excluding tert-OH is 2. The number of carbonyl (C=O) groups is 2. The maximum atomic E-state index is 13.1. The van der Waals surface area contributed by atoms with E-state index in [1.54, 1.807) is 0 Å². The predicted octanol–water partition coefficient (Wildman–Crippen LogP) is 12.3. The van der Waals surface area contributed by atoms with Crippen LogP contribution in [-0.2, 0) is 14.3 Å². The fourth-order valence-corrected chi connectivity index (χ4v) is 6.35. The molecule has 0 aromatic heterocycles. The zero-order valence-electron chi connectivity index (χ0n) is 34.2. The monoisotopic (exact) mass is 730 g/mol. The van der Waals surface area contributed by atoms with Gasteiger partial charge in [0.1, 0.15) is 6.10 Å². The molecule has 302 valence electrons. The lowest BCUT2D eigenvalue weighted by atomic mass is 10.0. The summed E-state index contributed by atoms with van der Waals surface area (Å²) >= 11 is 0. The highest BCUT2D eigenvalue weighted by molar-refractivity contribution is 5.77. The summed E-state index contributed by atoms with van der Waals surface area (Å²) in [6.07, 6.45) is 46.0. The Hall–Kier alpha value is -2.18. The number of esters is 1. The van der Waals surface area contributed by atoms with Crippen LogP contribution in [0.2, 0.25) is 0 Å². The van der Waals surface area contributed by atoms with Crippen LogP contribution >= 0.6 is 0 Å². The fraction of sp³-hybridized carbons (Fsp3) is 0.783. The molecule has 0 bridgehead atoms. The summed E-state index contributed by atoms with van der Waals surface area (Å²) in [6, 6.07) is -0.705. The zero-order chi connectivity index (χ0) is 38.2. The molecule has 0 radical (unpaired) electrons. The van der Waals surface area contributed by atoms with E-state index in [1.165, 1.54) is 77.0 Å². The predicted molar refractivity (Wildman–Crippen MR) is 222 cm³/mol. The lowest BCUT2D eigenvalue weighted by Crippen LogP contribution is -2.46. The molecule has 0 aliphatic carbocycles. The van der Waals surface area contributed by atoms with Gasteiger partial charge >= 0.3 is 5.97 Å². The van der Waals surface area contributed by atoms with E-state index < -0.39 is 18.2 Å². The smallest absolute Gasteiger partial charge is 0.306 e. The Bertz CT molecular complexity index is 910. The average molecular weight is 730 g/mol. The molecule has 0 rings (SSSR count). The van der Waals surface area contributed by atoms with E-state index in [0.29, 0.717) is 19.3 Å². The van der Waals surface area contributed by atoms with Gasteiger partial charge in [-0.2, -0.15) is 0 Å². The van der Waals surface area contributed by atoms with Crippen molar-refractivity contribution in [3.05, 3.63) is 48.6 Å². The second-order valence-electron chi connectivity index (χ2n) is 14.8. The van der Waals surface area contributed by atoms with Crippen LogP contribution in [0.4, 0.5) is 0 Å². The number of aliphatic hydroxyl groups is 2. The SMILES string of the molecule is CC/C=C/C=C/C=C/CCCCCCCCCC(=O)OC(CCCCC/C=C\CCCC)CC(=O)NC(CO)C(O)CCCCCCCCCCC. The molecule has 52 heavy (non-hydrogen) atoms. The topological polar surface area (TPSA) is 95.9 Å². The van der Waals surface area contributed by atoms with Crippen molar-refractivity contribution in [3.63, 3.8) is 0 Å². The highest BCUT2D eigenvalue weighted by atomic mass is 16.5. The normalized spacial score (nSPS) is 13.9. The molecule has 6 heteroatoms. The molecule has 0 spiro atoms. The number of hydrogen-bond acceptors (Lipinski definition) is 5. The second-order valence-corrected chi connectivity index (χ2v) is 14.8. The number of ether oxygens (including phenoxy) is 1. The standard InChI is InChI=1S/C46H83NO5/c1-4-7-10-13-16-19-20-21-22-23-24-27-30-33-36-39-46(51)52-42(37-34-31-28-25-17-14-11-8-5-2)40-45(50)47-43(41-48)44(49)38-35-32-29-26-18-15-12-9-6-3/h7,10,13-14,16-17,19-20,42-44,48-49H,4-6,8-9,11-12,15,18,21-41H2,1-3H3,(H,47,50)/b10-7+,16-13+,17-14-,20-19+. The molecule has 3 N–H and O–H groups in total. The van der Waals surface area contributed by atoms with Gasteiger partial charge < -0.3 is 20.3 Å². The van der Waals surface area contributed by atoms with E-state index in [1.807, 2.05) is 0 Å².